The number of nitrogens with one attached hydrogen (secondary N) is 1. The van der Waals surface area contributed by atoms with Gasteiger partial charge in [0.25, 0.3) is 0 Å². The maximum Gasteiger partial charge on any atom is 0.123 e. The molecule has 0 aromatic heterocycles. The van der Waals surface area contributed by atoms with E-state index in [4.69, 9.17) is 4.74 Å². The highest BCUT2D eigenvalue weighted by molar-refractivity contribution is 9.10. The van der Waals surface area contributed by atoms with Gasteiger partial charge in [0.2, 0.25) is 0 Å². The molecule has 1 aliphatic heterocycles. The fourth-order valence-corrected chi connectivity index (χ4v) is 3.26. The van der Waals surface area contributed by atoms with Crippen LogP contribution in [0.3, 0.4) is 0 Å². The van der Waals surface area contributed by atoms with Crippen LogP contribution in [0, 0.1) is 5.92 Å². The van der Waals surface area contributed by atoms with Crippen molar-refractivity contribution in [2.45, 2.75) is 51.2 Å². The zero-order valence-corrected chi connectivity index (χ0v) is 13.1. The van der Waals surface area contributed by atoms with Crippen molar-refractivity contribution >= 4 is 15.9 Å². The predicted octanol–water partition coefficient (Wildman–Crippen LogP) is 3.92. The standard InChI is InChI=1S/C16H22BrNO/c1-2-14(7-11-3-4-11)18-10-15-9-12-8-13(17)5-6-16(12)19-15/h5-6,8,11,14-15,18H,2-4,7,9-10H2,1H3. The fourth-order valence-electron chi connectivity index (χ4n) is 2.85. The molecule has 1 aromatic rings. The molecule has 0 bridgehead atoms. The summed E-state index contributed by atoms with van der Waals surface area (Å²) in [6.45, 7) is 3.25. The van der Waals surface area contributed by atoms with Crippen LogP contribution in [0.15, 0.2) is 22.7 Å². The molecular weight excluding hydrogens is 302 g/mol. The van der Waals surface area contributed by atoms with Crippen LogP contribution in [0.25, 0.3) is 0 Å². The summed E-state index contributed by atoms with van der Waals surface area (Å²) >= 11 is 3.52. The van der Waals surface area contributed by atoms with Crippen molar-refractivity contribution in [1.29, 1.82) is 0 Å². The molecule has 1 aliphatic carbocycles. The van der Waals surface area contributed by atoms with E-state index in [0.29, 0.717) is 12.1 Å². The average Bonchev–Trinajstić information content (AvgIpc) is 3.13. The van der Waals surface area contributed by atoms with E-state index in [0.717, 1.165) is 29.1 Å². The van der Waals surface area contributed by atoms with Crippen LogP contribution < -0.4 is 10.1 Å². The second-order valence-electron chi connectivity index (χ2n) is 5.89. The molecule has 0 radical (unpaired) electrons. The highest BCUT2D eigenvalue weighted by atomic mass is 79.9. The van der Waals surface area contributed by atoms with Crippen LogP contribution in [0.2, 0.25) is 0 Å². The number of rotatable bonds is 6. The Labute approximate surface area is 124 Å². The van der Waals surface area contributed by atoms with E-state index < -0.39 is 0 Å². The van der Waals surface area contributed by atoms with E-state index in [9.17, 15) is 0 Å². The number of benzene rings is 1. The van der Waals surface area contributed by atoms with Crippen LogP contribution >= 0.6 is 15.9 Å². The molecule has 2 nitrogen and oxygen atoms in total. The number of fused-ring (bicyclic) bond motifs is 1. The van der Waals surface area contributed by atoms with E-state index in [2.05, 4.69) is 46.4 Å². The monoisotopic (exact) mass is 323 g/mol. The lowest BCUT2D eigenvalue weighted by Gasteiger charge is -2.19. The Hall–Kier alpha value is -0.540. The molecule has 104 valence electrons. The molecule has 19 heavy (non-hydrogen) atoms. The zero-order chi connectivity index (χ0) is 13.2. The van der Waals surface area contributed by atoms with Gasteiger partial charge < -0.3 is 10.1 Å². The van der Waals surface area contributed by atoms with Crippen molar-refractivity contribution in [3.05, 3.63) is 28.2 Å². The summed E-state index contributed by atoms with van der Waals surface area (Å²) in [5.74, 6) is 2.06. The van der Waals surface area contributed by atoms with E-state index in [-0.39, 0.29) is 0 Å². The average molecular weight is 324 g/mol. The summed E-state index contributed by atoms with van der Waals surface area (Å²) in [7, 11) is 0. The third kappa shape index (κ3) is 3.51. The summed E-state index contributed by atoms with van der Waals surface area (Å²) in [6.07, 6.45) is 6.79. The number of ether oxygens (including phenoxy) is 1. The largest absolute Gasteiger partial charge is 0.488 e. The third-order valence-corrected chi connectivity index (χ3v) is 4.70. The second kappa shape index (κ2) is 5.84. The Balaban J connectivity index is 1.49. The van der Waals surface area contributed by atoms with E-state index >= 15 is 0 Å². The van der Waals surface area contributed by atoms with Crippen LogP contribution in [0.1, 0.15) is 38.2 Å². The molecule has 3 rings (SSSR count). The Bertz CT molecular complexity index is 444. The van der Waals surface area contributed by atoms with E-state index in [1.54, 1.807) is 0 Å². The number of hydrogen-bond donors (Lipinski definition) is 1. The fraction of sp³-hybridized carbons (Fsp3) is 0.625. The predicted molar refractivity (Wildman–Crippen MR) is 81.7 cm³/mol. The molecule has 1 saturated carbocycles. The van der Waals surface area contributed by atoms with Gasteiger partial charge in [-0.05, 0) is 42.5 Å². The van der Waals surface area contributed by atoms with Gasteiger partial charge in [-0.1, -0.05) is 35.7 Å². The molecule has 2 aliphatic rings. The zero-order valence-electron chi connectivity index (χ0n) is 11.5. The van der Waals surface area contributed by atoms with Crippen molar-refractivity contribution in [2.75, 3.05) is 6.54 Å². The van der Waals surface area contributed by atoms with Gasteiger partial charge in [-0.3, -0.25) is 0 Å². The van der Waals surface area contributed by atoms with Crippen LogP contribution in [0.4, 0.5) is 0 Å². The lowest BCUT2D eigenvalue weighted by Crippen LogP contribution is -2.37. The summed E-state index contributed by atoms with van der Waals surface area (Å²) in [4.78, 5) is 0. The second-order valence-corrected chi connectivity index (χ2v) is 6.80. The summed E-state index contributed by atoms with van der Waals surface area (Å²) in [5, 5.41) is 3.70. The highest BCUT2D eigenvalue weighted by Gasteiger charge is 2.27. The minimum atomic E-state index is 0.303. The molecule has 0 saturated heterocycles. The van der Waals surface area contributed by atoms with Gasteiger partial charge in [0.15, 0.2) is 0 Å². The SMILES string of the molecule is CCC(CC1CC1)NCC1Cc2cc(Br)ccc2O1. The molecule has 0 spiro atoms. The minimum Gasteiger partial charge on any atom is -0.488 e. The minimum absolute atomic E-state index is 0.303. The highest BCUT2D eigenvalue weighted by Crippen LogP contribution is 2.34. The van der Waals surface area contributed by atoms with Crippen molar-refractivity contribution < 1.29 is 4.74 Å². The van der Waals surface area contributed by atoms with Gasteiger partial charge in [0.1, 0.15) is 11.9 Å². The quantitative estimate of drug-likeness (QED) is 0.856. The number of halogens is 1. The third-order valence-electron chi connectivity index (χ3n) is 4.21. The first-order valence-corrected chi connectivity index (χ1v) is 8.22. The Kier molecular flexibility index (Phi) is 4.13. The smallest absolute Gasteiger partial charge is 0.123 e. The molecule has 1 fully saturated rings. The summed E-state index contributed by atoms with van der Waals surface area (Å²) < 4.78 is 7.14. The molecule has 1 heterocycles. The molecule has 1 aromatic carbocycles. The van der Waals surface area contributed by atoms with Crippen LogP contribution in [-0.4, -0.2) is 18.7 Å². The van der Waals surface area contributed by atoms with E-state index in [1.807, 2.05) is 0 Å². The maximum atomic E-state index is 5.99. The number of hydrogen-bond acceptors (Lipinski definition) is 2. The molecule has 2 unspecified atom stereocenters. The van der Waals surface area contributed by atoms with E-state index in [1.165, 1.54) is 31.2 Å². The Morgan fingerprint density at radius 3 is 3.00 bits per heavy atom. The van der Waals surface area contributed by atoms with Gasteiger partial charge in [-0.15, -0.1) is 0 Å². The molecule has 3 heteroatoms. The lowest BCUT2D eigenvalue weighted by molar-refractivity contribution is 0.218. The lowest BCUT2D eigenvalue weighted by atomic mass is 10.1. The maximum absolute atomic E-state index is 5.99. The topological polar surface area (TPSA) is 21.3 Å². The normalized spacial score (nSPS) is 22.9. The Morgan fingerprint density at radius 2 is 2.26 bits per heavy atom. The van der Waals surface area contributed by atoms with Gasteiger partial charge in [0.05, 0.1) is 0 Å². The molecule has 2 atom stereocenters. The summed E-state index contributed by atoms with van der Waals surface area (Å²) in [5.41, 5.74) is 1.33. The first-order valence-electron chi connectivity index (χ1n) is 7.43. The van der Waals surface area contributed by atoms with Crippen LogP contribution in [-0.2, 0) is 6.42 Å². The Morgan fingerprint density at radius 1 is 1.42 bits per heavy atom. The van der Waals surface area contributed by atoms with Gasteiger partial charge in [-0.2, -0.15) is 0 Å². The van der Waals surface area contributed by atoms with Crippen molar-refractivity contribution in [1.82, 2.24) is 5.32 Å². The van der Waals surface area contributed by atoms with Crippen LogP contribution in [0.5, 0.6) is 5.75 Å². The van der Waals surface area contributed by atoms with Crippen molar-refractivity contribution in [2.24, 2.45) is 5.92 Å². The van der Waals surface area contributed by atoms with Gasteiger partial charge in [-0.25, -0.2) is 0 Å². The molecule has 1 N–H and O–H groups in total. The summed E-state index contributed by atoms with van der Waals surface area (Å²) in [6, 6.07) is 6.97. The van der Waals surface area contributed by atoms with Gasteiger partial charge >= 0.3 is 0 Å². The molecule has 0 amide bonds. The van der Waals surface area contributed by atoms with Gasteiger partial charge in [0, 0.05) is 23.5 Å². The first-order chi connectivity index (χ1) is 9.24. The molecular formula is C16H22BrNO. The first kappa shape index (κ1) is 13.4. The van der Waals surface area contributed by atoms with Crippen molar-refractivity contribution in [3.8, 4) is 5.75 Å². The van der Waals surface area contributed by atoms with Crippen molar-refractivity contribution in [3.63, 3.8) is 0 Å².